The molecule has 11 heteroatoms. The lowest BCUT2D eigenvalue weighted by Crippen LogP contribution is -2.60. The van der Waals surface area contributed by atoms with Gasteiger partial charge in [0.05, 0.1) is 0 Å². The fourth-order valence-electron chi connectivity index (χ4n) is 1.51. The summed E-state index contributed by atoms with van der Waals surface area (Å²) in [6.45, 7) is 0.527. The lowest BCUT2D eigenvalue weighted by Gasteiger charge is -2.39. The van der Waals surface area contributed by atoms with Crippen molar-refractivity contribution in [2.24, 2.45) is 0 Å². The lowest BCUT2D eigenvalue weighted by atomic mass is 9.99. The van der Waals surface area contributed by atoms with Crippen molar-refractivity contribution < 1.29 is 46.7 Å². The highest BCUT2D eigenvalue weighted by Crippen LogP contribution is 2.23. The second-order valence-corrected chi connectivity index (χ2v) is 4.89. The van der Waals surface area contributed by atoms with E-state index in [0.29, 0.717) is 0 Å². The van der Waals surface area contributed by atoms with E-state index in [2.05, 4.69) is 8.92 Å². The van der Waals surface area contributed by atoms with Gasteiger partial charge in [0.25, 0.3) is 0 Å². The van der Waals surface area contributed by atoms with Crippen molar-refractivity contribution in [1.82, 2.24) is 0 Å². The first-order valence-corrected chi connectivity index (χ1v) is 6.47. The molecule has 1 heterocycles. The molecule has 0 amide bonds. The molecular weight excluding hydrogens is 288 g/mol. The zero-order chi connectivity index (χ0) is 14.8. The van der Waals surface area contributed by atoms with E-state index >= 15 is 0 Å². The van der Waals surface area contributed by atoms with E-state index in [9.17, 15) is 28.5 Å². The molecule has 0 unspecified atom stereocenters. The van der Waals surface area contributed by atoms with Crippen LogP contribution in [0, 0.1) is 0 Å². The molecule has 0 aromatic carbocycles. The molecule has 1 aliphatic rings. The van der Waals surface area contributed by atoms with Crippen LogP contribution in [-0.2, 0) is 28.9 Å². The number of carbonyl (C=O) groups excluding carboxylic acids is 1. The van der Waals surface area contributed by atoms with Crippen molar-refractivity contribution in [3.05, 3.63) is 0 Å². The van der Waals surface area contributed by atoms with Gasteiger partial charge in [0.15, 0.2) is 6.29 Å². The highest BCUT2D eigenvalue weighted by atomic mass is 32.3. The van der Waals surface area contributed by atoms with Crippen LogP contribution in [0.4, 0.5) is 0 Å². The first kappa shape index (κ1) is 16.2. The van der Waals surface area contributed by atoms with Crippen LogP contribution in [0.3, 0.4) is 0 Å². The second-order valence-electron chi connectivity index (χ2n) is 3.84. The summed E-state index contributed by atoms with van der Waals surface area (Å²) in [6, 6.07) is 0. The number of hydrogen-bond acceptors (Lipinski definition) is 9. The van der Waals surface area contributed by atoms with Crippen molar-refractivity contribution in [2.75, 3.05) is 6.61 Å². The largest absolute Gasteiger partial charge is 0.463 e. The van der Waals surface area contributed by atoms with Crippen LogP contribution < -0.4 is 0 Å². The molecule has 1 saturated heterocycles. The Balaban J connectivity index is 2.85. The maximum absolute atomic E-state index is 10.6. The summed E-state index contributed by atoms with van der Waals surface area (Å²) < 4.78 is 43.3. The molecule has 0 aromatic rings. The first-order valence-electron chi connectivity index (χ1n) is 5.10. The van der Waals surface area contributed by atoms with Crippen molar-refractivity contribution in [2.45, 2.75) is 37.6 Å². The van der Waals surface area contributed by atoms with Gasteiger partial charge in [-0.15, -0.1) is 0 Å². The molecule has 0 aromatic heterocycles. The molecule has 10 nitrogen and oxygen atoms in total. The Morgan fingerprint density at radius 3 is 2.32 bits per heavy atom. The minimum absolute atomic E-state index is 0.545. The molecule has 1 aliphatic heterocycles. The third kappa shape index (κ3) is 4.65. The van der Waals surface area contributed by atoms with Gasteiger partial charge in [-0.3, -0.25) is 9.35 Å². The Kier molecular flexibility index (Phi) is 5.20. The average molecular weight is 302 g/mol. The van der Waals surface area contributed by atoms with Crippen LogP contribution in [0.2, 0.25) is 0 Å². The van der Waals surface area contributed by atoms with Crippen LogP contribution in [0.15, 0.2) is 0 Å². The Morgan fingerprint density at radius 2 is 1.84 bits per heavy atom. The predicted molar refractivity (Wildman–Crippen MR) is 55.9 cm³/mol. The van der Waals surface area contributed by atoms with Gasteiger partial charge in [0.2, 0.25) is 0 Å². The topological polar surface area (TPSA) is 160 Å². The number of aliphatic hydroxyl groups excluding tert-OH is 3. The number of aliphatic hydroxyl groups is 3. The molecule has 19 heavy (non-hydrogen) atoms. The Labute approximate surface area is 108 Å². The Morgan fingerprint density at radius 1 is 1.26 bits per heavy atom. The molecule has 0 saturated carbocycles. The molecule has 0 radical (unpaired) electrons. The van der Waals surface area contributed by atoms with Gasteiger partial charge >= 0.3 is 16.4 Å². The molecule has 0 aliphatic carbocycles. The fraction of sp³-hybridized carbons (Fsp3) is 0.875. The quantitative estimate of drug-likeness (QED) is 0.315. The van der Waals surface area contributed by atoms with Crippen LogP contribution in [0.1, 0.15) is 6.92 Å². The molecule has 112 valence electrons. The van der Waals surface area contributed by atoms with Gasteiger partial charge in [0.1, 0.15) is 31.0 Å². The van der Waals surface area contributed by atoms with E-state index in [1.807, 2.05) is 0 Å². The summed E-state index contributed by atoms with van der Waals surface area (Å²) in [6.07, 6.45) is -8.67. The van der Waals surface area contributed by atoms with E-state index in [4.69, 9.17) is 9.29 Å². The summed E-state index contributed by atoms with van der Waals surface area (Å²) >= 11 is 0. The van der Waals surface area contributed by atoms with E-state index in [0.717, 1.165) is 6.92 Å². The van der Waals surface area contributed by atoms with Crippen LogP contribution in [-0.4, -0.2) is 71.6 Å². The number of ether oxygens (including phenoxy) is 2. The van der Waals surface area contributed by atoms with E-state index in [-0.39, 0.29) is 0 Å². The van der Waals surface area contributed by atoms with Crippen molar-refractivity contribution >= 4 is 16.4 Å². The third-order valence-electron chi connectivity index (χ3n) is 2.34. The number of esters is 1. The van der Waals surface area contributed by atoms with Crippen molar-refractivity contribution in [3.63, 3.8) is 0 Å². The third-order valence-corrected chi connectivity index (χ3v) is 2.81. The SMILES string of the molecule is CC(=O)OC[C@H]1O[C@H](O)[C@H](O)[C@@H](O)[C@@H]1OS(=O)(=O)O. The van der Waals surface area contributed by atoms with Crippen LogP contribution >= 0.6 is 0 Å². The number of rotatable bonds is 4. The maximum atomic E-state index is 10.6. The smallest absolute Gasteiger partial charge is 0.397 e. The second kappa shape index (κ2) is 6.09. The zero-order valence-corrected chi connectivity index (χ0v) is 10.6. The van der Waals surface area contributed by atoms with Gasteiger partial charge in [-0.25, -0.2) is 4.18 Å². The van der Waals surface area contributed by atoms with Gasteiger partial charge in [-0.1, -0.05) is 0 Å². The molecule has 0 spiro atoms. The molecule has 1 fully saturated rings. The summed E-state index contributed by atoms with van der Waals surface area (Å²) in [5, 5.41) is 28.2. The van der Waals surface area contributed by atoms with Crippen molar-refractivity contribution in [3.8, 4) is 0 Å². The first-order chi connectivity index (χ1) is 8.61. The van der Waals surface area contributed by atoms with Crippen LogP contribution in [0.5, 0.6) is 0 Å². The fourth-order valence-corrected chi connectivity index (χ4v) is 2.03. The van der Waals surface area contributed by atoms with Crippen LogP contribution in [0.25, 0.3) is 0 Å². The van der Waals surface area contributed by atoms with Gasteiger partial charge in [0, 0.05) is 6.92 Å². The molecule has 1 rings (SSSR count). The Hall–Kier alpha value is -0.820. The standard InChI is InChI=1S/C8H14O10S/c1-3(9)16-2-4-7(18-19(13,14)15)5(10)6(11)8(12)17-4/h4-8,10-12H,2H2,1H3,(H,13,14,15)/t4-,5-,6-,7-,8+/m1/s1. The normalized spacial score (nSPS) is 35.9. The minimum Gasteiger partial charge on any atom is -0.463 e. The van der Waals surface area contributed by atoms with Crippen molar-refractivity contribution in [1.29, 1.82) is 0 Å². The van der Waals surface area contributed by atoms with Gasteiger partial charge in [-0.2, -0.15) is 8.42 Å². The van der Waals surface area contributed by atoms with E-state index < -0.39 is 53.7 Å². The van der Waals surface area contributed by atoms with E-state index in [1.165, 1.54) is 0 Å². The summed E-state index contributed by atoms with van der Waals surface area (Å²) in [4.78, 5) is 10.6. The number of carbonyl (C=O) groups is 1. The molecular formula is C8H14O10S. The van der Waals surface area contributed by atoms with E-state index in [1.54, 1.807) is 0 Å². The average Bonchev–Trinajstić information content (AvgIpc) is 2.26. The van der Waals surface area contributed by atoms with Gasteiger partial charge < -0.3 is 24.8 Å². The summed E-state index contributed by atoms with van der Waals surface area (Å²) in [7, 11) is -4.94. The lowest BCUT2D eigenvalue weighted by molar-refractivity contribution is -0.283. The molecule has 5 atom stereocenters. The molecule has 4 N–H and O–H groups in total. The highest BCUT2D eigenvalue weighted by Gasteiger charge is 2.47. The maximum Gasteiger partial charge on any atom is 0.397 e. The zero-order valence-electron chi connectivity index (χ0n) is 9.74. The highest BCUT2D eigenvalue weighted by molar-refractivity contribution is 7.80. The molecule has 0 bridgehead atoms. The Bertz CT molecular complexity index is 419. The monoisotopic (exact) mass is 302 g/mol. The minimum atomic E-state index is -4.94. The van der Waals surface area contributed by atoms with Gasteiger partial charge in [-0.05, 0) is 0 Å². The predicted octanol–water partition coefficient (Wildman–Crippen LogP) is -2.82. The summed E-state index contributed by atoms with van der Waals surface area (Å²) in [5.74, 6) is -0.718. The summed E-state index contributed by atoms with van der Waals surface area (Å²) in [5.41, 5.74) is 0. The number of hydrogen-bond donors (Lipinski definition) is 4.